The second-order valence-electron chi connectivity index (χ2n) is 10.00. The predicted octanol–water partition coefficient (Wildman–Crippen LogP) is 5.07. The lowest BCUT2D eigenvalue weighted by atomic mass is 9.94. The first-order valence-corrected chi connectivity index (χ1v) is 13.9. The SMILES string of the molecule is CCOC(=O)c1cc(C(=O)N2CCC[C@@H]2c2nc(C)cs2)cc(-c2nnc([C@](C)(N)Cc3ccccc3)o2)c1. The van der Waals surface area contributed by atoms with Gasteiger partial charge in [0.05, 0.1) is 23.8 Å². The predicted molar refractivity (Wildman–Crippen MR) is 147 cm³/mol. The number of likely N-dealkylation sites (tertiary alicyclic amines) is 1. The first-order valence-electron chi connectivity index (χ1n) is 13.0. The molecule has 0 radical (unpaired) electrons. The van der Waals surface area contributed by atoms with E-state index in [-0.39, 0.29) is 35.9 Å². The summed E-state index contributed by atoms with van der Waals surface area (Å²) in [6.45, 7) is 6.32. The van der Waals surface area contributed by atoms with Gasteiger partial charge in [0, 0.05) is 28.7 Å². The van der Waals surface area contributed by atoms with Crippen LogP contribution in [-0.4, -0.2) is 45.1 Å². The smallest absolute Gasteiger partial charge is 0.338 e. The third-order valence-electron chi connectivity index (χ3n) is 6.70. The number of carbonyl (C=O) groups excluding carboxylic acids is 2. The Balaban J connectivity index is 1.48. The number of carbonyl (C=O) groups is 2. The summed E-state index contributed by atoms with van der Waals surface area (Å²) >= 11 is 1.56. The van der Waals surface area contributed by atoms with Crippen molar-refractivity contribution in [1.82, 2.24) is 20.1 Å². The van der Waals surface area contributed by atoms with Gasteiger partial charge in [0.25, 0.3) is 5.91 Å². The lowest BCUT2D eigenvalue weighted by Crippen LogP contribution is -2.35. The van der Waals surface area contributed by atoms with Crippen LogP contribution in [0.2, 0.25) is 0 Å². The maximum Gasteiger partial charge on any atom is 0.338 e. The Labute approximate surface area is 231 Å². The van der Waals surface area contributed by atoms with Crippen LogP contribution in [0.1, 0.15) is 75.6 Å². The van der Waals surface area contributed by atoms with Gasteiger partial charge in [-0.2, -0.15) is 0 Å². The molecule has 0 bridgehead atoms. The Hall–Kier alpha value is -3.89. The Morgan fingerprint density at radius 3 is 2.67 bits per heavy atom. The summed E-state index contributed by atoms with van der Waals surface area (Å²) in [6, 6.07) is 14.6. The monoisotopic (exact) mass is 545 g/mol. The Bertz CT molecular complexity index is 1480. The molecule has 1 aliphatic heterocycles. The summed E-state index contributed by atoms with van der Waals surface area (Å²) in [5, 5.41) is 11.4. The Morgan fingerprint density at radius 1 is 1.18 bits per heavy atom. The van der Waals surface area contributed by atoms with E-state index in [4.69, 9.17) is 14.9 Å². The van der Waals surface area contributed by atoms with E-state index in [1.807, 2.05) is 54.5 Å². The fourth-order valence-electron chi connectivity index (χ4n) is 4.83. The van der Waals surface area contributed by atoms with Crippen LogP contribution in [0, 0.1) is 6.92 Å². The molecule has 202 valence electrons. The van der Waals surface area contributed by atoms with Crippen molar-refractivity contribution in [2.45, 2.75) is 51.6 Å². The van der Waals surface area contributed by atoms with Crippen molar-refractivity contribution >= 4 is 23.2 Å². The van der Waals surface area contributed by atoms with E-state index in [9.17, 15) is 9.59 Å². The third kappa shape index (κ3) is 5.76. The van der Waals surface area contributed by atoms with Gasteiger partial charge in [-0.3, -0.25) is 4.79 Å². The van der Waals surface area contributed by atoms with Gasteiger partial charge in [-0.1, -0.05) is 30.3 Å². The van der Waals surface area contributed by atoms with E-state index in [0.29, 0.717) is 24.1 Å². The molecular weight excluding hydrogens is 514 g/mol. The standard InChI is InChI=1S/C29H31N5O4S/c1-4-37-27(36)22-14-20(24-32-33-28(38-24)29(3,30)16-19-9-6-5-7-10-19)13-21(15-22)26(35)34-12-8-11-23(34)25-31-18(2)17-39-25/h5-7,9-10,13-15,17,23H,4,8,11-12,16,30H2,1-3H3/t23-,29-/m1/s1. The van der Waals surface area contributed by atoms with Crippen molar-refractivity contribution < 1.29 is 18.7 Å². The van der Waals surface area contributed by atoms with Gasteiger partial charge in [0.2, 0.25) is 11.8 Å². The molecule has 2 atom stereocenters. The number of ether oxygens (including phenoxy) is 1. The van der Waals surface area contributed by atoms with Crippen LogP contribution in [-0.2, 0) is 16.7 Å². The molecule has 5 rings (SSSR count). The van der Waals surface area contributed by atoms with E-state index in [0.717, 1.165) is 29.1 Å². The second-order valence-corrected chi connectivity index (χ2v) is 10.9. The third-order valence-corrected chi connectivity index (χ3v) is 7.77. The Kier molecular flexibility index (Phi) is 7.58. The summed E-state index contributed by atoms with van der Waals surface area (Å²) in [5.41, 5.74) is 8.65. The molecule has 10 heteroatoms. The highest BCUT2D eigenvalue weighted by Crippen LogP contribution is 2.35. The lowest BCUT2D eigenvalue weighted by Gasteiger charge is -2.23. The number of rotatable bonds is 8. The molecule has 0 spiro atoms. The molecule has 2 aromatic carbocycles. The molecule has 0 aliphatic carbocycles. The molecule has 2 aromatic heterocycles. The minimum absolute atomic E-state index is 0.100. The van der Waals surface area contributed by atoms with Crippen molar-refractivity contribution in [3.63, 3.8) is 0 Å². The van der Waals surface area contributed by atoms with Crippen LogP contribution >= 0.6 is 11.3 Å². The number of esters is 1. The van der Waals surface area contributed by atoms with Crippen molar-refractivity contribution in [3.8, 4) is 11.5 Å². The maximum absolute atomic E-state index is 13.8. The van der Waals surface area contributed by atoms with Crippen LogP contribution in [0.15, 0.2) is 58.3 Å². The van der Waals surface area contributed by atoms with Crippen LogP contribution in [0.25, 0.3) is 11.5 Å². The average Bonchev–Trinajstić information content (AvgIpc) is 3.69. The molecule has 1 fully saturated rings. The average molecular weight is 546 g/mol. The molecule has 1 aliphatic rings. The number of thiazole rings is 1. The van der Waals surface area contributed by atoms with E-state index < -0.39 is 11.5 Å². The van der Waals surface area contributed by atoms with E-state index in [1.54, 1.807) is 36.5 Å². The van der Waals surface area contributed by atoms with Gasteiger partial charge in [-0.25, -0.2) is 9.78 Å². The minimum atomic E-state index is -0.918. The highest BCUT2D eigenvalue weighted by molar-refractivity contribution is 7.09. The molecule has 4 aromatic rings. The zero-order chi connectivity index (χ0) is 27.6. The van der Waals surface area contributed by atoms with Gasteiger partial charge < -0.3 is 19.8 Å². The van der Waals surface area contributed by atoms with Crippen molar-refractivity contribution in [3.05, 3.63) is 87.2 Å². The van der Waals surface area contributed by atoms with Crippen molar-refractivity contribution in [1.29, 1.82) is 0 Å². The van der Waals surface area contributed by atoms with Crippen LogP contribution < -0.4 is 5.73 Å². The second kappa shape index (κ2) is 11.1. The molecule has 9 nitrogen and oxygen atoms in total. The molecule has 1 amide bonds. The van der Waals surface area contributed by atoms with Gasteiger partial charge in [-0.05, 0) is 63.8 Å². The van der Waals surface area contributed by atoms with Gasteiger partial charge in [-0.15, -0.1) is 21.5 Å². The van der Waals surface area contributed by atoms with E-state index >= 15 is 0 Å². The highest BCUT2D eigenvalue weighted by Gasteiger charge is 2.34. The van der Waals surface area contributed by atoms with Crippen molar-refractivity contribution in [2.24, 2.45) is 5.73 Å². The fourth-order valence-corrected chi connectivity index (χ4v) is 5.77. The van der Waals surface area contributed by atoms with E-state index in [2.05, 4.69) is 15.2 Å². The number of nitrogens with two attached hydrogens (primary N) is 1. The number of hydrogen-bond acceptors (Lipinski definition) is 9. The summed E-state index contributed by atoms with van der Waals surface area (Å²) in [5.74, 6) is -0.294. The summed E-state index contributed by atoms with van der Waals surface area (Å²) in [4.78, 5) is 33.0. The van der Waals surface area contributed by atoms with Crippen molar-refractivity contribution in [2.75, 3.05) is 13.2 Å². The summed E-state index contributed by atoms with van der Waals surface area (Å²) in [7, 11) is 0. The molecule has 2 N–H and O–H groups in total. The largest absolute Gasteiger partial charge is 0.462 e. The number of hydrogen-bond donors (Lipinski definition) is 1. The maximum atomic E-state index is 13.8. The highest BCUT2D eigenvalue weighted by atomic mass is 32.1. The zero-order valence-corrected chi connectivity index (χ0v) is 23.0. The quantitative estimate of drug-likeness (QED) is 0.304. The molecule has 3 heterocycles. The Morgan fingerprint density at radius 2 is 1.95 bits per heavy atom. The molecule has 0 unspecified atom stereocenters. The van der Waals surface area contributed by atoms with Gasteiger partial charge in [0.15, 0.2) is 0 Å². The van der Waals surface area contributed by atoms with Crippen LogP contribution in [0.3, 0.4) is 0 Å². The minimum Gasteiger partial charge on any atom is -0.462 e. The molecule has 1 saturated heterocycles. The number of nitrogens with zero attached hydrogens (tertiary/aromatic N) is 4. The van der Waals surface area contributed by atoms with Crippen LogP contribution in [0.4, 0.5) is 0 Å². The zero-order valence-electron chi connectivity index (χ0n) is 22.2. The number of aryl methyl sites for hydroxylation is 1. The number of benzene rings is 2. The molecular formula is C29H31N5O4S. The first-order chi connectivity index (χ1) is 18.7. The van der Waals surface area contributed by atoms with Gasteiger partial charge >= 0.3 is 5.97 Å². The topological polar surface area (TPSA) is 124 Å². The number of amides is 1. The number of aromatic nitrogens is 3. The summed E-state index contributed by atoms with van der Waals surface area (Å²) in [6.07, 6.45) is 2.21. The fraction of sp³-hybridized carbons (Fsp3) is 0.345. The molecule has 39 heavy (non-hydrogen) atoms. The normalized spacial score (nSPS) is 16.7. The van der Waals surface area contributed by atoms with Crippen LogP contribution in [0.5, 0.6) is 0 Å². The first kappa shape index (κ1) is 26.7. The summed E-state index contributed by atoms with van der Waals surface area (Å²) < 4.78 is 11.3. The van der Waals surface area contributed by atoms with Gasteiger partial charge in [0.1, 0.15) is 5.01 Å². The molecule has 0 saturated carbocycles. The lowest BCUT2D eigenvalue weighted by molar-refractivity contribution is 0.0526. The van der Waals surface area contributed by atoms with E-state index in [1.165, 1.54) is 0 Å².